The summed E-state index contributed by atoms with van der Waals surface area (Å²) in [5.74, 6) is 4.88. The van der Waals surface area contributed by atoms with Crippen LogP contribution in [0.25, 0.3) is 0 Å². The first-order chi connectivity index (χ1) is 7.85. The summed E-state index contributed by atoms with van der Waals surface area (Å²) in [5.41, 5.74) is 0. The smallest absolute Gasteiger partial charge is 0.0903 e. The molecular formula is C14H22O2. The fourth-order valence-corrected chi connectivity index (χ4v) is 5.01. The Morgan fingerprint density at radius 2 is 2.06 bits per heavy atom. The van der Waals surface area contributed by atoms with Crippen molar-refractivity contribution in [2.75, 3.05) is 13.2 Å². The van der Waals surface area contributed by atoms with E-state index in [0.29, 0.717) is 12.5 Å². The Morgan fingerprint density at radius 3 is 2.81 bits per heavy atom. The molecule has 2 nitrogen and oxygen atoms in total. The molecule has 0 saturated heterocycles. The molecule has 3 fully saturated rings. The van der Waals surface area contributed by atoms with Gasteiger partial charge < -0.3 is 9.84 Å². The molecule has 0 aliphatic heterocycles. The van der Waals surface area contributed by atoms with E-state index in [2.05, 4.69) is 6.58 Å². The highest BCUT2D eigenvalue weighted by molar-refractivity contribution is 5.05. The molecule has 0 aromatic heterocycles. The number of fused-ring (bicyclic) bond motifs is 5. The summed E-state index contributed by atoms with van der Waals surface area (Å²) < 4.78 is 5.39. The van der Waals surface area contributed by atoms with Gasteiger partial charge in [-0.2, -0.15) is 0 Å². The van der Waals surface area contributed by atoms with E-state index >= 15 is 0 Å². The van der Waals surface area contributed by atoms with Crippen LogP contribution in [0.3, 0.4) is 0 Å². The second kappa shape index (κ2) is 4.06. The predicted molar refractivity (Wildman–Crippen MR) is 62.6 cm³/mol. The van der Waals surface area contributed by atoms with E-state index < -0.39 is 0 Å². The monoisotopic (exact) mass is 222 g/mol. The number of rotatable bonds is 4. The number of ether oxygens (including phenoxy) is 1. The van der Waals surface area contributed by atoms with Gasteiger partial charge in [-0.05, 0) is 61.2 Å². The van der Waals surface area contributed by atoms with Gasteiger partial charge in [0.05, 0.1) is 12.9 Å². The van der Waals surface area contributed by atoms with Crippen molar-refractivity contribution in [3.8, 4) is 0 Å². The van der Waals surface area contributed by atoms with Gasteiger partial charge in [0.25, 0.3) is 0 Å². The third-order valence-electron chi connectivity index (χ3n) is 5.45. The van der Waals surface area contributed by atoms with Gasteiger partial charge in [0.2, 0.25) is 0 Å². The highest BCUT2D eigenvalue weighted by Gasteiger charge is 2.56. The molecule has 6 unspecified atom stereocenters. The third-order valence-corrected chi connectivity index (χ3v) is 5.45. The molecule has 0 aromatic carbocycles. The lowest BCUT2D eigenvalue weighted by molar-refractivity contribution is 0.0841. The van der Waals surface area contributed by atoms with Crippen LogP contribution in [0.15, 0.2) is 12.8 Å². The van der Waals surface area contributed by atoms with Crippen LogP contribution < -0.4 is 0 Å². The molecule has 3 saturated carbocycles. The third kappa shape index (κ3) is 1.42. The molecule has 1 N–H and O–H groups in total. The lowest BCUT2D eigenvalue weighted by Crippen LogP contribution is -2.30. The molecular weight excluding hydrogens is 200 g/mol. The minimum Gasteiger partial charge on any atom is -0.502 e. The van der Waals surface area contributed by atoms with Gasteiger partial charge in [0.15, 0.2) is 0 Å². The quantitative estimate of drug-likeness (QED) is 0.740. The van der Waals surface area contributed by atoms with Crippen LogP contribution in [0.2, 0.25) is 0 Å². The van der Waals surface area contributed by atoms with Gasteiger partial charge in [-0.15, -0.1) is 0 Å². The Kier molecular flexibility index (Phi) is 2.70. The predicted octanol–water partition coefficient (Wildman–Crippen LogP) is 2.44. The van der Waals surface area contributed by atoms with Gasteiger partial charge >= 0.3 is 0 Å². The van der Waals surface area contributed by atoms with Crippen LogP contribution in [0.1, 0.15) is 25.7 Å². The topological polar surface area (TPSA) is 29.5 Å². The van der Waals surface area contributed by atoms with E-state index in [1.807, 2.05) is 0 Å². The van der Waals surface area contributed by atoms with Crippen LogP contribution in [-0.4, -0.2) is 18.3 Å². The van der Waals surface area contributed by atoms with Crippen molar-refractivity contribution in [1.29, 1.82) is 0 Å². The molecule has 0 radical (unpaired) electrons. The van der Waals surface area contributed by atoms with Crippen molar-refractivity contribution in [3.63, 3.8) is 0 Å². The Bertz CT molecular complexity index is 276. The van der Waals surface area contributed by atoms with Crippen molar-refractivity contribution < 1.29 is 9.84 Å². The molecule has 90 valence electrons. The van der Waals surface area contributed by atoms with Crippen molar-refractivity contribution in [2.45, 2.75) is 25.7 Å². The molecule has 3 aliphatic rings. The van der Waals surface area contributed by atoms with Crippen LogP contribution in [-0.2, 0) is 4.74 Å². The second-order valence-corrected chi connectivity index (χ2v) is 5.92. The molecule has 0 amide bonds. The summed E-state index contributed by atoms with van der Waals surface area (Å²) in [6, 6.07) is 0. The number of aliphatic hydroxyl groups excluding tert-OH is 1. The molecule has 2 heteroatoms. The number of aliphatic hydroxyl groups is 1. The fourth-order valence-electron chi connectivity index (χ4n) is 5.01. The van der Waals surface area contributed by atoms with E-state index in [4.69, 9.17) is 4.74 Å². The SMILES string of the molecule is C=COCC1CC2CC1C1CCC(CO)C21. The fraction of sp³-hybridized carbons (Fsp3) is 0.857. The lowest BCUT2D eigenvalue weighted by Gasteiger charge is -2.33. The summed E-state index contributed by atoms with van der Waals surface area (Å²) in [6.45, 7) is 4.91. The Labute approximate surface area is 97.7 Å². The first kappa shape index (κ1) is 10.6. The molecule has 2 bridgehead atoms. The van der Waals surface area contributed by atoms with E-state index in [-0.39, 0.29) is 0 Å². The van der Waals surface area contributed by atoms with Crippen molar-refractivity contribution in [2.24, 2.45) is 35.5 Å². The molecule has 3 aliphatic carbocycles. The van der Waals surface area contributed by atoms with Gasteiger partial charge in [0, 0.05) is 6.61 Å². The molecule has 0 heterocycles. The number of hydrogen-bond acceptors (Lipinski definition) is 2. The highest BCUT2D eigenvalue weighted by atomic mass is 16.5. The maximum Gasteiger partial charge on any atom is 0.0903 e. The Morgan fingerprint density at radius 1 is 1.19 bits per heavy atom. The average molecular weight is 222 g/mol. The summed E-state index contributed by atoms with van der Waals surface area (Å²) in [7, 11) is 0. The van der Waals surface area contributed by atoms with Gasteiger partial charge in [0.1, 0.15) is 0 Å². The largest absolute Gasteiger partial charge is 0.502 e. The van der Waals surface area contributed by atoms with Crippen LogP contribution in [0.5, 0.6) is 0 Å². The molecule has 3 rings (SSSR count). The van der Waals surface area contributed by atoms with Gasteiger partial charge in [-0.3, -0.25) is 0 Å². The molecule has 16 heavy (non-hydrogen) atoms. The minimum absolute atomic E-state index is 0.415. The summed E-state index contributed by atoms with van der Waals surface area (Å²) in [5, 5.41) is 9.41. The average Bonchev–Trinajstić information content (AvgIpc) is 2.96. The number of hydrogen-bond donors (Lipinski definition) is 1. The van der Waals surface area contributed by atoms with E-state index in [1.54, 1.807) is 6.26 Å². The van der Waals surface area contributed by atoms with Crippen molar-refractivity contribution in [1.82, 2.24) is 0 Å². The van der Waals surface area contributed by atoms with E-state index in [1.165, 1.54) is 25.7 Å². The zero-order chi connectivity index (χ0) is 11.1. The van der Waals surface area contributed by atoms with Gasteiger partial charge in [-0.25, -0.2) is 0 Å². The van der Waals surface area contributed by atoms with E-state index in [0.717, 1.165) is 36.2 Å². The zero-order valence-electron chi connectivity index (χ0n) is 9.85. The Hall–Kier alpha value is -0.500. The van der Waals surface area contributed by atoms with Crippen LogP contribution >= 0.6 is 0 Å². The molecule has 0 aromatic rings. The summed E-state index contributed by atoms with van der Waals surface area (Å²) in [4.78, 5) is 0. The van der Waals surface area contributed by atoms with Crippen molar-refractivity contribution in [3.05, 3.63) is 12.8 Å². The first-order valence-corrected chi connectivity index (χ1v) is 6.68. The standard InChI is InChI=1S/C14H22O2/c1-2-16-8-11-5-10-6-13(11)12-4-3-9(7-15)14(10)12/h2,9-15H,1,3-8H2. The summed E-state index contributed by atoms with van der Waals surface area (Å²) >= 11 is 0. The van der Waals surface area contributed by atoms with Crippen LogP contribution in [0, 0.1) is 35.5 Å². The second-order valence-electron chi connectivity index (χ2n) is 5.92. The minimum atomic E-state index is 0.415. The van der Waals surface area contributed by atoms with Crippen molar-refractivity contribution >= 4 is 0 Å². The maximum atomic E-state index is 9.41. The molecule has 6 atom stereocenters. The van der Waals surface area contributed by atoms with Crippen LogP contribution in [0.4, 0.5) is 0 Å². The Balaban J connectivity index is 1.68. The molecule has 0 spiro atoms. The zero-order valence-corrected chi connectivity index (χ0v) is 9.85. The summed E-state index contributed by atoms with van der Waals surface area (Å²) in [6.07, 6.45) is 6.91. The van der Waals surface area contributed by atoms with E-state index in [9.17, 15) is 5.11 Å². The first-order valence-electron chi connectivity index (χ1n) is 6.68. The highest BCUT2D eigenvalue weighted by Crippen LogP contribution is 2.62. The maximum absolute atomic E-state index is 9.41. The van der Waals surface area contributed by atoms with Gasteiger partial charge in [-0.1, -0.05) is 6.58 Å². The normalized spacial score (nSPS) is 49.3. The lowest BCUT2D eigenvalue weighted by atomic mass is 9.74.